The number of anilines is 6. The van der Waals surface area contributed by atoms with E-state index in [1.807, 2.05) is 12.1 Å². The van der Waals surface area contributed by atoms with Gasteiger partial charge in [0.15, 0.2) is 0 Å². The standard InChI is InChI=1S/C144H94N2O2/c1-6-31-95(32-7-1)104-67-69-107-90-105(68-70-106(107)89-104)98-71-80-115(81-72-98)145(117-84-75-101(76-85-117)124-53-27-55-128-126-47-18-22-61-137(126)147-141(124)128)119-45-26-37-110(93-119)123-52-30-60-136-140(123)131-50-17-21-58-134(131)144(136,113-42-14-5-15-43-113)114-44-24-35-103(91-114)96-63-65-97(66-64-96)108-79-88-121(132(94-108)99-33-8-2-9-34-99)100-73-82-116(83-74-100)146(118-86-77-102(78-87-118)125-54-28-56-129-127-48-19-23-62-138(127)148-142(125)129)120-46-25-36-109(92-120)122-51-29-59-135-139(122)130-49-16-20-57-133(130)143(135,111-38-10-3-11-39-111)112-40-12-4-13-41-112/h1-94H. The van der Waals surface area contributed by atoms with Crippen LogP contribution in [0.3, 0.4) is 0 Å². The molecule has 24 aromatic carbocycles. The van der Waals surface area contributed by atoms with Crippen LogP contribution in [0.15, 0.2) is 579 Å². The first-order valence-electron chi connectivity index (χ1n) is 51.0. The first-order chi connectivity index (χ1) is 73.4. The molecule has 692 valence electrons. The summed E-state index contributed by atoms with van der Waals surface area (Å²) in [6.07, 6.45) is 0. The summed E-state index contributed by atoms with van der Waals surface area (Å²) in [6.45, 7) is 0. The lowest BCUT2D eigenvalue weighted by molar-refractivity contribution is 0.669. The summed E-state index contributed by atoms with van der Waals surface area (Å²) < 4.78 is 13.3. The first kappa shape index (κ1) is 86.6. The summed E-state index contributed by atoms with van der Waals surface area (Å²) in [5.74, 6) is 0. The molecule has 4 nitrogen and oxygen atoms in total. The zero-order chi connectivity index (χ0) is 97.7. The average molecular weight is 1880 g/mol. The number of hydrogen-bond donors (Lipinski definition) is 0. The molecular weight excluding hydrogens is 1790 g/mol. The van der Waals surface area contributed by atoms with Crippen LogP contribution in [0.25, 0.3) is 188 Å². The van der Waals surface area contributed by atoms with E-state index in [-0.39, 0.29) is 0 Å². The predicted molar refractivity (Wildman–Crippen MR) is 617 cm³/mol. The van der Waals surface area contributed by atoms with Crippen molar-refractivity contribution in [3.8, 4) is 134 Å². The lowest BCUT2D eigenvalue weighted by Crippen LogP contribution is -2.28. The molecule has 0 bridgehead atoms. The van der Waals surface area contributed by atoms with Crippen LogP contribution in [0.5, 0.6) is 0 Å². The fourth-order valence-electron chi connectivity index (χ4n) is 24.3. The van der Waals surface area contributed by atoms with Crippen LogP contribution in [0.1, 0.15) is 44.5 Å². The second kappa shape index (κ2) is 36.0. The number of benzene rings is 24. The molecule has 1 unspecified atom stereocenters. The largest absolute Gasteiger partial charge is 0.455 e. The van der Waals surface area contributed by atoms with E-state index in [0.29, 0.717) is 0 Å². The van der Waals surface area contributed by atoms with Crippen LogP contribution < -0.4 is 9.80 Å². The first-order valence-corrected chi connectivity index (χ1v) is 51.0. The topological polar surface area (TPSA) is 32.8 Å². The van der Waals surface area contributed by atoms with Crippen molar-refractivity contribution < 1.29 is 8.83 Å². The molecule has 0 aliphatic heterocycles. The molecule has 148 heavy (non-hydrogen) atoms. The highest BCUT2D eigenvalue weighted by Crippen LogP contribution is 2.62. The molecule has 26 aromatic rings. The average Bonchev–Trinajstić information content (AvgIpc) is 1.53. The highest BCUT2D eigenvalue weighted by molar-refractivity contribution is 6.12. The molecule has 0 spiro atoms. The number of para-hydroxylation sites is 4. The molecule has 0 saturated heterocycles. The summed E-state index contributed by atoms with van der Waals surface area (Å²) in [5, 5.41) is 6.85. The third kappa shape index (κ3) is 14.5. The summed E-state index contributed by atoms with van der Waals surface area (Å²) >= 11 is 0. The van der Waals surface area contributed by atoms with Gasteiger partial charge in [0.05, 0.1) is 10.8 Å². The van der Waals surface area contributed by atoms with Gasteiger partial charge in [0, 0.05) is 66.8 Å². The quantitative estimate of drug-likeness (QED) is 0.0761. The van der Waals surface area contributed by atoms with Gasteiger partial charge in [-0.3, -0.25) is 0 Å². The third-order valence-corrected chi connectivity index (χ3v) is 31.1. The number of hydrogen-bond acceptors (Lipinski definition) is 4. The Morgan fingerprint density at radius 3 is 0.885 bits per heavy atom. The highest BCUT2D eigenvalue weighted by atomic mass is 16.3. The van der Waals surface area contributed by atoms with Crippen LogP contribution in [-0.2, 0) is 10.8 Å². The summed E-state index contributed by atoms with van der Waals surface area (Å²) in [6, 6.07) is 211. The molecule has 0 radical (unpaired) electrons. The monoisotopic (exact) mass is 1880 g/mol. The van der Waals surface area contributed by atoms with Crippen LogP contribution in [0.2, 0.25) is 0 Å². The zero-order valence-electron chi connectivity index (χ0n) is 81.0. The maximum atomic E-state index is 6.65. The maximum absolute atomic E-state index is 6.65. The van der Waals surface area contributed by atoms with Crippen molar-refractivity contribution in [3.05, 3.63) is 615 Å². The van der Waals surface area contributed by atoms with Gasteiger partial charge in [0.2, 0.25) is 0 Å². The van der Waals surface area contributed by atoms with Gasteiger partial charge >= 0.3 is 0 Å². The van der Waals surface area contributed by atoms with Gasteiger partial charge < -0.3 is 18.6 Å². The van der Waals surface area contributed by atoms with Crippen molar-refractivity contribution in [3.63, 3.8) is 0 Å². The highest BCUT2D eigenvalue weighted by Gasteiger charge is 2.49. The van der Waals surface area contributed by atoms with Crippen molar-refractivity contribution in [2.24, 2.45) is 0 Å². The van der Waals surface area contributed by atoms with Gasteiger partial charge in [-0.1, -0.05) is 461 Å². The molecule has 2 aliphatic rings. The Bertz CT molecular complexity index is 9570. The molecule has 1 atom stereocenters. The van der Waals surface area contributed by atoms with E-state index in [1.165, 1.54) is 99.8 Å². The van der Waals surface area contributed by atoms with Gasteiger partial charge in [-0.05, 0) is 287 Å². The molecular formula is C144H94N2O2. The SMILES string of the molecule is c1ccc(-c2ccc3cc(-c4ccc(N(c5ccc(-c6cccc7c6oc6ccccc67)cc5)c5cccc(-c6cccc7c6-c6ccccc6C7(c6ccccc6)c6cccc(-c7ccc(-c8ccc(-c9ccc(N(c%10ccc(-c%11cccc%12c%11oc%11ccccc%11%12)cc%10)c%10cccc(-c%11cccc%12c%11-c%11ccccc%11C%12(c%11ccccc%11)c%11ccccc%11)c%10)cc9)c(-c9ccccc9)c8)cc7)c6)c5)cc4)ccc3c2)cc1. The normalized spacial score (nSPS) is 13.2. The minimum Gasteiger partial charge on any atom is -0.455 e. The molecule has 28 rings (SSSR count). The molecule has 4 heteroatoms. The van der Waals surface area contributed by atoms with Gasteiger partial charge in [0.25, 0.3) is 0 Å². The van der Waals surface area contributed by atoms with E-state index in [9.17, 15) is 0 Å². The van der Waals surface area contributed by atoms with Crippen molar-refractivity contribution in [2.75, 3.05) is 9.80 Å². The fraction of sp³-hybridized carbons (Fsp3) is 0.0139. The Kier molecular flexibility index (Phi) is 21.1. The third-order valence-electron chi connectivity index (χ3n) is 31.1. The Hall–Kier alpha value is -19.3. The number of furan rings is 2. The van der Waals surface area contributed by atoms with Gasteiger partial charge in [-0.25, -0.2) is 0 Å². The lowest BCUT2D eigenvalue weighted by Gasteiger charge is -2.34. The smallest absolute Gasteiger partial charge is 0.143 e. The van der Waals surface area contributed by atoms with E-state index in [2.05, 4.69) is 568 Å². The second-order valence-corrected chi connectivity index (χ2v) is 39.1. The van der Waals surface area contributed by atoms with Gasteiger partial charge in [0.1, 0.15) is 22.3 Å². The van der Waals surface area contributed by atoms with Crippen LogP contribution in [-0.4, -0.2) is 0 Å². The molecule has 0 N–H and O–H groups in total. The molecule has 2 aliphatic carbocycles. The molecule has 2 heterocycles. The Labute approximate surface area is 860 Å². The Balaban J connectivity index is 0.510. The summed E-state index contributed by atoms with van der Waals surface area (Å²) in [5.41, 5.74) is 46.0. The van der Waals surface area contributed by atoms with E-state index < -0.39 is 10.8 Å². The Morgan fingerprint density at radius 1 is 0.142 bits per heavy atom. The van der Waals surface area contributed by atoms with E-state index in [4.69, 9.17) is 8.83 Å². The summed E-state index contributed by atoms with van der Waals surface area (Å²) in [7, 11) is 0. The van der Waals surface area contributed by atoms with Crippen LogP contribution in [0.4, 0.5) is 34.1 Å². The lowest BCUT2D eigenvalue weighted by atomic mass is 9.67. The fourth-order valence-corrected chi connectivity index (χ4v) is 24.3. The van der Waals surface area contributed by atoms with E-state index in [0.717, 1.165) is 167 Å². The molecule has 2 aromatic heterocycles. The second-order valence-electron chi connectivity index (χ2n) is 39.1. The maximum Gasteiger partial charge on any atom is 0.143 e. The van der Waals surface area contributed by atoms with Crippen molar-refractivity contribution in [1.29, 1.82) is 0 Å². The van der Waals surface area contributed by atoms with Crippen molar-refractivity contribution >= 4 is 88.8 Å². The van der Waals surface area contributed by atoms with Crippen molar-refractivity contribution in [2.45, 2.75) is 10.8 Å². The molecule has 0 fully saturated rings. The minimum atomic E-state index is -0.698. The van der Waals surface area contributed by atoms with E-state index in [1.54, 1.807) is 0 Å². The summed E-state index contributed by atoms with van der Waals surface area (Å²) in [4.78, 5) is 4.82. The van der Waals surface area contributed by atoms with Crippen LogP contribution >= 0.6 is 0 Å². The van der Waals surface area contributed by atoms with Crippen molar-refractivity contribution in [1.82, 2.24) is 0 Å². The zero-order valence-corrected chi connectivity index (χ0v) is 81.0. The number of rotatable bonds is 20. The van der Waals surface area contributed by atoms with E-state index >= 15 is 0 Å². The van der Waals surface area contributed by atoms with Gasteiger partial charge in [-0.2, -0.15) is 0 Å². The minimum absolute atomic E-state index is 0.541. The Morgan fingerprint density at radius 2 is 0.426 bits per heavy atom. The van der Waals surface area contributed by atoms with Crippen LogP contribution in [0, 0.1) is 0 Å². The number of fused-ring (bicyclic) bond motifs is 13. The molecule has 0 saturated carbocycles. The van der Waals surface area contributed by atoms with Gasteiger partial charge in [-0.15, -0.1) is 0 Å². The predicted octanol–water partition coefficient (Wildman–Crippen LogP) is 39.0. The molecule has 0 amide bonds. The number of nitrogens with zero attached hydrogens (tertiary/aromatic N) is 2.